The first-order valence-corrected chi connectivity index (χ1v) is 7.47. The average molecular weight is 288 g/mol. The zero-order chi connectivity index (χ0) is 14.8. The molecule has 0 spiro atoms. The van der Waals surface area contributed by atoms with Crippen LogP contribution in [0.5, 0.6) is 0 Å². The first kappa shape index (κ1) is 14.1. The third-order valence-corrected chi connectivity index (χ3v) is 4.38. The minimum atomic E-state index is -0.743. The molecule has 1 saturated heterocycles. The minimum absolute atomic E-state index is 0.0422. The molecule has 1 heterocycles. The predicted octanol–water partition coefficient (Wildman–Crippen LogP) is 1.95. The first-order valence-electron chi connectivity index (χ1n) is 7.47. The quantitative estimate of drug-likeness (QED) is 0.922. The minimum Gasteiger partial charge on any atom is -0.430 e. The van der Waals surface area contributed by atoms with E-state index in [2.05, 4.69) is 4.90 Å². The number of likely N-dealkylation sites (tertiary alicyclic amines) is 1. The van der Waals surface area contributed by atoms with Gasteiger partial charge in [-0.25, -0.2) is 4.79 Å². The lowest BCUT2D eigenvalue weighted by atomic mass is 10.0. The molecule has 2 unspecified atom stereocenters. The molecule has 3 rings (SSSR count). The summed E-state index contributed by atoms with van der Waals surface area (Å²) >= 11 is 0. The molecule has 5 nitrogen and oxygen atoms in total. The standard InChI is InChI=1S/C16H20N2O3/c17-16(20)21-14-7-3-4-8-18(14)10-12-9-11-5-1-2-6-13(11)15(12)19/h1-2,5-6,12,14H,3-4,7-10H2,(H2,17,20). The summed E-state index contributed by atoms with van der Waals surface area (Å²) in [7, 11) is 0. The monoisotopic (exact) mass is 288 g/mol. The van der Waals surface area contributed by atoms with Crippen LogP contribution < -0.4 is 5.73 Å². The summed E-state index contributed by atoms with van der Waals surface area (Å²) in [6.45, 7) is 1.48. The second-order valence-electron chi connectivity index (χ2n) is 5.80. The number of rotatable bonds is 3. The van der Waals surface area contributed by atoms with Gasteiger partial charge in [0.1, 0.15) is 0 Å². The number of amides is 1. The number of nitrogens with zero attached hydrogens (tertiary/aromatic N) is 1. The number of carbonyl (C=O) groups excluding carboxylic acids is 2. The highest BCUT2D eigenvalue weighted by Gasteiger charge is 2.34. The van der Waals surface area contributed by atoms with Crippen LogP contribution in [-0.2, 0) is 11.2 Å². The second kappa shape index (κ2) is 5.85. The van der Waals surface area contributed by atoms with E-state index < -0.39 is 6.09 Å². The highest BCUT2D eigenvalue weighted by molar-refractivity contribution is 6.02. The first-order chi connectivity index (χ1) is 10.1. The molecule has 1 aliphatic carbocycles. The molecule has 2 N–H and O–H groups in total. The number of fused-ring (bicyclic) bond motifs is 1. The lowest BCUT2D eigenvalue weighted by Crippen LogP contribution is -2.46. The van der Waals surface area contributed by atoms with Gasteiger partial charge in [-0.05, 0) is 31.2 Å². The molecule has 112 valence electrons. The van der Waals surface area contributed by atoms with Gasteiger partial charge < -0.3 is 10.5 Å². The molecule has 2 atom stereocenters. The van der Waals surface area contributed by atoms with Gasteiger partial charge in [0.05, 0.1) is 0 Å². The summed E-state index contributed by atoms with van der Waals surface area (Å²) < 4.78 is 5.18. The van der Waals surface area contributed by atoms with E-state index in [0.717, 1.165) is 43.4 Å². The molecule has 21 heavy (non-hydrogen) atoms. The smallest absolute Gasteiger partial charge is 0.406 e. The van der Waals surface area contributed by atoms with E-state index in [0.29, 0.717) is 6.54 Å². The number of nitrogens with two attached hydrogens (primary N) is 1. The maximum Gasteiger partial charge on any atom is 0.406 e. The Labute approximate surface area is 124 Å². The van der Waals surface area contributed by atoms with Gasteiger partial charge in [-0.2, -0.15) is 0 Å². The summed E-state index contributed by atoms with van der Waals surface area (Å²) in [5, 5.41) is 0. The van der Waals surface area contributed by atoms with Crippen LogP contribution in [0.4, 0.5) is 4.79 Å². The molecule has 0 bridgehead atoms. The molecule has 0 aromatic heterocycles. The molecule has 5 heteroatoms. The molecular formula is C16H20N2O3. The fourth-order valence-corrected chi connectivity index (χ4v) is 3.38. The largest absolute Gasteiger partial charge is 0.430 e. The molecule has 1 amide bonds. The third-order valence-electron chi connectivity index (χ3n) is 4.38. The van der Waals surface area contributed by atoms with Crippen LogP contribution in [0.2, 0.25) is 0 Å². The van der Waals surface area contributed by atoms with Gasteiger partial charge in [-0.15, -0.1) is 0 Å². The van der Waals surface area contributed by atoms with Crippen molar-refractivity contribution in [3.8, 4) is 0 Å². The third kappa shape index (κ3) is 2.93. The maximum absolute atomic E-state index is 12.4. The van der Waals surface area contributed by atoms with Crippen LogP contribution in [-0.4, -0.2) is 36.1 Å². The van der Waals surface area contributed by atoms with E-state index in [4.69, 9.17) is 10.5 Å². The Hall–Kier alpha value is -1.88. The van der Waals surface area contributed by atoms with E-state index in [1.165, 1.54) is 0 Å². The number of piperidine rings is 1. The SMILES string of the molecule is NC(=O)OC1CCCCN1CC1Cc2ccccc2C1=O. The van der Waals surface area contributed by atoms with Crippen molar-refractivity contribution in [3.05, 3.63) is 35.4 Å². The number of Topliss-reactive ketones (excluding diaryl/α,β-unsaturated/α-hetero) is 1. The van der Waals surface area contributed by atoms with Gasteiger partial charge in [0.2, 0.25) is 0 Å². The Morgan fingerprint density at radius 3 is 2.90 bits per heavy atom. The Morgan fingerprint density at radius 1 is 1.33 bits per heavy atom. The number of hydrogen-bond donors (Lipinski definition) is 1. The number of hydrogen-bond acceptors (Lipinski definition) is 4. The van der Waals surface area contributed by atoms with Crippen molar-refractivity contribution in [2.45, 2.75) is 31.9 Å². The fraction of sp³-hybridized carbons (Fsp3) is 0.500. The summed E-state index contributed by atoms with van der Waals surface area (Å²) in [6, 6.07) is 7.78. The molecular weight excluding hydrogens is 268 g/mol. The van der Waals surface area contributed by atoms with Gasteiger partial charge in [0.15, 0.2) is 12.0 Å². The normalized spacial score (nSPS) is 25.6. The summed E-state index contributed by atoms with van der Waals surface area (Å²) in [4.78, 5) is 25.5. The van der Waals surface area contributed by atoms with Gasteiger partial charge in [0, 0.05) is 24.6 Å². The maximum atomic E-state index is 12.4. The van der Waals surface area contributed by atoms with E-state index in [1.54, 1.807) is 0 Å². The van der Waals surface area contributed by atoms with Crippen LogP contribution in [0.25, 0.3) is 0 Å². The van der Waals surface area contributed by atoms with Crippen LogP contribution >= 0.6 is 0 Å². The average Bonchev–Trinajstić information content (AvgIpc) is 2.78. The van der Waals surface area contributed by atoms with E-state index >= 15 is 0 Å². The van der Waals surface area contributed by atoms with Crippen molar-refractivity contribution in [1.29, 1.82) is 0 Å². The molecule has 1 aromatic carbocycles. The van der Waals surface area contributed by atoms with Gasteiger partial charge in [-0.1, -0.05) is 24.3 Å². The number of primary amides is 1. The van der Waals surface area contributed by atoms with Crippen molar-refractivity contribution in [1.82, 2.24) is 4.90 Å². The van der Waals surface area contributed by atoms with Crippen molar-refractivity contribution >= 4 is 11.9 Å². The van der Waals surface area contributed by atoms with Gasteiger partial charge in [0.25, 0.3) is 0 Å². The zero-order valence-corrected chi connectivity index (χ0v) is 12.0. The molecule has 1 aliphatic heterocycles. The number of ether oxygens (including phenoxy) is 1. The van der Waals surface area contributed by atoms with Crippen LogP contribution in [0.15, 0.2) is 24.3 Å². The number of carbonyl (C=O) groups is 2. The Bertz CT molecular complexity index is 558. The Balaban J connectivity index is 1.69. The summed E-state index contributed by atoms with van der Waals surface area (Å²) in [6.07, 6.45) is 2.62. The topological polar surface area (TPSA) is 72.6 Å². The van der Waals surface area contributed by atoms with Crippen molar-refractivity contribution in [3.63, 3.8) is 0 Å². The van der Waals surface area contributed by atoms with Crippen LogP contribution in [0.3, 0.4) is 0 Å². The predicted molar refractivity (Wildman–Crippen MR) is 77.8 cm³/mol. The number of benzene rings is 1. The van der Waals surface area contributed by atoms with Crippen molar-refractivity contribution in [2.75, 3.05) is 13.1 Å². The Kier molecular flexibility index (Phi) is 3.92. The molecule has 0 radical (unpaired) electrons. The van der Waals surface area contributed by atoms with Crippen molar-refractivity contribution < 1.29 is 14.3 Å². The van der Waals surface area contributed by atoms with Crippen LogP contribution in [0, 0.1) is 5.92 Å². The highest BCUT2D eigenvalue weighted by Crippen LogP contribution is 2.29. The van der Waals surface area contributed by atoms with Gasteiger partial charge >= 0.3 is 6.09 Å². The zero-order valence-electron chi connectivity index (χ0n) is 12.0. The lowest BCUT2D eigenvalue weighted by Gasteiger charge is -2.35. The van der Waals surface area contributed by atoms with E-state index in [9.17, 15) is 9.59 Å². The van der Waals surface area contributed by atoms with Crippen LogP contribution in [0.1, 0.15) is 35.2 Å². The second-order valence-corrected chi connectivity index (χ2v) is 5.80. The highest BCUT2D eigenvalue weighted by atomic mass is 16.6. The fourth-order valence-electron chi connectivity index (χ4n) is 3.38. The molecule has 0 saturated carbocycles. The summed E-state index contributed by atoms with van der Waals surface area (Å²) in [5.74, 6) is 0.161. The van der Waals surface area contributed by atoms with Crippen molar-refractivity contribution in [2.24, 2.45) is 11.7 Å². The Morgan fingerprint density at radius 2 is 2.14 bits per heavy atom. The number of ketones is 1. The molecule has 2 aliphatic rings. The molecule has 1 fully saturated rings. The van der Waals surface area contributed by atoms with E-state index in [-0.39, 0.29) is 17.9 Å². The lowest BCUT2D eigenvalue weighted by molar-refractivity contribution is -0.0381. The van der Waals surface area contributed by atoms with Gasteiger partial charge in [-0.3, -0.25) is 9.69 Å². The molecule has 1 aromatic rings. The summed E-state index contributed by atoms with van der Waals surface area (Å²) in [5.41, 5.74) is 7.10. The van der Waals surface area contributed by atoms with E-state index in [1.807, 2.05) is 24.3 Å².